The van der Waals surface area contributed by atoms with Gasteiger partial charge in [0.05, 0.1) is 6.61 Å². The number of hydrogen-bond acceptors (Lipinski definition) is 4. The molecule has 0 N–H and O–H groups in total. The predicted molar refractivity (Wildman–Crippen MR) is 75.0 cm³/mol. The lowest BCUT2D eigenvalue weighted by Gasteiger charge is -2.21. The number of carbonyl (C=O) groups is 1. The minimum atomic E-state index is 0.324. The van der Waals surface area contributed by atoms with Crippen LogP contribution in [0.15, 0.2) is 0 Å². The van der Waals surface area contributed by atoms with Crippen LogP contribution < -0.4 is 0 Å². The number of rotatable bonds is 6. The Bertz CT molecular complexity index is 288. The maximum absolute atomic E-state index is 11.8. The van der Waals surface area contributed by atoms with Gasteiger partial charge in [-0.05, 0) is 30.6 Å². The molecular formula is C13H24N2O2S. The molecule has 2 aliphatic rings. The smallest absolute Gasteiger partial charge is 0.222 e. The van der Waals surface area contributed by atoms with Crippen molar-refractivity contribution < 1.29 is 9.53 Å². The van der Waals surface area contributed by atoms with E-state index >= 15 is 0 Å². The third-order valence-electron chi connectivity index (χ3n) is 4.01. The molecule has 2 rings (SSSR count). The largest absolute Gasteiger partial charge is 0.383 e. The third kappa shape index (κ3) is 3.62. The summed E-state index contributed by atoms with van der Waals surface area (Å²) in [6.07, 6.45) is 1.91. The van der Waals surface area contributed by atoms with Crippen molar-refractivity contribution in [3.8, 4) is 0 Å². The zero-order valence-electron chi connectivity index (χ0n) is 11.2. The lowest BCUT2D eigenvalue weighted by Crippen LogP contribution is -2.33. The molecule has 0 aromatic heterocycles. The Labute approximate surface area is 115 Å². The van der Waals surface area contributed by atoms with Crippen molar-refractivity contribution in [2.24, 2.45) is 11.8 Å². The molecule has 1 amide bonds. The number of likely N-dealkylation sites (tertiary alicyclic amines) is 2. The molecule has 2 saturated heterocycles. The highest BCUT2D eigenvalue weighted by molar-refractivity contribution is 7.80. The van der Waals surface area contributed by atoms with E-state index in [0.717, 1.165) is 45.1 Å². The first kappa shape index (κ1) is 14.2. The maximum Gasteiger partial charge on any atom is 0.222 e. The second kappa shape index (κ2) is 6.78. The number of ether oxygens (including phenoxy) is 1. The number of amides is 1. The fourth-order valence-corrected chi connectivity index (χ4v) is 3.19. The number of methoxy groups -OCH3 is 1. The minimum absolute atomic E-state index is 0.324. The lowest BCUT2D eigenvalue weighted by molar-refractivity contribution is -0.128. The molecule has 4 nitrogen and oxygen atoms in total. The third-order valence-corrected chi connectivity index (χ3v) is 4.53. The quantitative estimate of drug-likeness (QED) is 0.724. The van der Waals surface area contributed by atoms with Crippen LogP contribution in [0.1, 0.15) is 12.8 Å². The molecule has 2 heterocycles. The number of nitrogens with zero attached hydrogens (tertiary/aromatic N) is 2. The summed E-state index contributed by atoms with van der Waals surface area (Å²) in [5, 5.41) is 0. The van der Waals surface area contributed by atoms with Gasteiger partial charge in [-0.15, -0.1) is 0 Å². The van der Waals surface area contributed by atoms with Gasteiger partial charge in [0.25, 0.3) is 0 Å². The Kier molecular flexibility index (Phi) is 5.33. The van der Waals surface area contributed by atoms with Crippen LogP contribution in [0.25, 0.3) is 0 Å². The van der Waals surface area contributed by atoms with Crippen molar-refractivity contribution in [1.29, 1.82) is 0 Å². The Morgan fingerprint density at radius 1 is 1.39 bits per heavy atom. The Hall–Kier alpha value is -0.260. The van der Waals surface area contributed by atoms with Crippen LogP contribution in [-0.2, 0) is 9.53 Å². The summed E-state index contributed by atoms with van der Waals surface area (Å²) in [4.78, 5) is 16.3. The molecule has 2 fully saturated rings. The van der Waals surface area contributed by atoms with Crippen molar-refractivity contribution in [2.75, 3.05) is 52.2 Å². The molecule has 2 aliphatic heterocycles. The molecule has 0 bridgehead atoms. The highest BCUT2D eigenvalue weighted by Gasteiger charge is 2.32. The van der Waals surface area contributed by atoms with E-state index in [9.17, 15) is 4.79 Å². The second-order valence-corrected chi connectivity index (χ2v) is 5.86. The van der Waals surface area contributed by atoms with Crippen molar-refractivity contribution >= 4 is 18.5 Å². The number of hydrogen-bond donors (Lipinski definition) is 1. The van der Waals surface area contributed by atoms with Gasteiger partial charge in [0.15, 0.2) is 0 Å². The summed E-state index contributed by atoms with van der Waals surface area (Å²) >= 11 is 4.30. The minimum Gasteiger partial charge on any atom is -0.383 e. The zero-order valence-corrected chi connectivity index (χ0v) is 12.1. The SMILES string of the molecule is COCCN1CCC(CN2CC(CS)CC2=O)C1. The molecule has 2 unspecified atom stereocenters. The highest BCUT2D eigenvalue weighted by atomic mass is 32.1. The van der Waals surface area contributed by atoms with Crippen LogP contribution in [-0.4, -0.2) is 67.9 Å². The summed E-state index contributed by atoms with van der Waals surface area (Å²) in [7, 11) is 1.74. The first-order valence-corrected chi connectivity index (χ1v) is 7.46. The van der Waals surface area contributed by atoms with E-state index in [-0.39, 0.29) is 0 Å². The first-order chi connectivity index (χ1) is 8.72. The summed E-state index contributed by atoms with van der Waals surface area (Å²) in [5.41, 5.74) is 0. The van der Waals surface area contributed by atoms with Gasteiger partial charge < -0.3 is 14.5 Å². The molecule has 0 aromatic carbocycles. The van der Waals surface area contributed by atoms with Crippen molar-refractivity contribution in [3.63, 3.8) is 0 Å². The monoisotopic (exact) mass is 272 g/mol. The van der Waals surface area contributed by atoms with Gasteiger partial charge in [-0.25, -0.2) is 0 Å². The average molecular weight is 272 g/mol. The van der Waals surface area contributed by atoms with E-state index in [1.54, 1.807) is 7.11 Å². The molecule has 0 saturated carbocycles. The molecule has 18 heavy (non-hydrogen) atoms. The van der Waals surface area contributed by atoms with Crippen LogP contribution in [0.2, 0.25) is 0 Å². The molecular weight excluding hydrogens is 248 g/mol. The zero-order chi connectivity index (χ0) is 13.0. The maximum atomic E-state index is 11.8. The molecule has 104 valence electrons. The van der Waals surface area contributed by atoms with Crippen LogP contribution in [0, 0.1) is 11.8 Å². The molecule has 0 radical (unpaired) electrons. The fourth-order valence-electron chi connectivity index (χ4n) is 2.95. The fraction of sp³-hybridized carbons (Fsp3) is 0.923. The average Bonchev–Trinajstić information content (AvgIpc) is 2.95. The van der Waals surface area contributed by atoms with Gasteiger partial charge in [-0.2, -0.15) is 12.6 Å². The Morgan fingerprint density at radius 3 is 2.89 bits per heavy atom. The summed E-state index contributed by atoms with van der Waals surface area (Å²) < 4.78 is 5.10. The van der Waals surface area contributed by atoms with Gasteiger partial charge in [-0.1, -0.05) is 0 Å². The summed E-state index contributed by atoms with van der Waals surface area (Å²) in [5.74, 6) is 2.26. The van der Waals surface area contributed by atoms with Crippen molar-refractivity contribution in [2.45, 2.75) is 12.8 Å². The van der Waals surface area contributed by atoms with E-state index in [4.69, 9.17) is 4.74 Å². The van der Waals surface area contributed by atoms with E-state index in [0.29, 0.717) is 24.2 Å². The van der Waals surface area contributed by atoms with Gasteiger partial charge in [-0.3, -0.25) is 4.79 Å². The van der Waals surface area contributed by atoms with Gasteiger partial charge in [0.1, 0.15) is 0 Å². The van der Waals surface area contributed by atoms with Crippen molar-refractivity contribution in [1.82, 2.24) is 9.80 Å². The number of thiol groups is 1. The lowest BCUT2D eigenvalue weighted by atomic mass is 10.1. The van der Waals surface area contributed by atoms with E-state index in [1.807, 2.05) is 4.90 Å². The topological polar surface area (TPSA) is 32.8 Å². The van der Waals surface area contributed by atoms with E-state index in [1.165, 1.54) is 6.42 Å². The van der Waals surface area contributed by atoms with Gasteiger partial charge >= 0.3 is 0 Å². The molecule has 0 spiro atoms. The molecule has 0 aliphatic carbocycles. The summed E-state index contributed by atoms with van der Waals surface area (Å²) in [6, 6.07) is 0. The van der Waals surface area contributed by atoms with Crippen molar-refractivity contribution in [3.05, 3.63) is 0 Å². The van der Waals surface area contributed by atoms with E-state index in [2.05, 4.69) is 17.5 Å². The first-order valence-electron chi connectivity index (χ1n) is 6.83. The Balaban J connectivity index is 1.73. The predicted octanol–water partition coefficient (Wildman–Crippen LogP) is 0.733. The number of carbonyl (C=O) groups excluding carboxylic acids is 1. The van der Waals surface area contributed by atoms with Gasteiger partial charge in [0, 0.05) is 39.7 Å². The molecule has 2 atom stereocenters. The van der Waals surface area contributed by atoms with Crippen LogP contribution in [0.3, 0.4) is 0 Å². The standard InChI is InChI=1S/C13H24N2O2S/c1-17-5-4-14-3-2-11(7-14)8-15-9-12(10-18)6-13(15)16/h11-12,18H,2-10H2,1H3. The highest BCUT2D eigenvalue weighted by Crippen LogP contribution is 2.23. The van der Waals surface area contributed by atoms with Gasteiger partial charge in [0.2, 0.25) is 5.91 Å². The Morgan fingerprint density at radius 2 is 2.22 bits per heavy atom. The normalized spacial score (nSPS) is 29.4. The van der Waals surface area contributed by atoms with E-state index < -0.39 is 0 Å². The van der Waals surface area contributed by atoms with Crippen LogP contribution in [0.4, 0.5) is 0 Å². The summed E-state index contributed by atoms with van der Waals surface area (Å²) in [6.45, 7) is 5.92. The van der Waals surface area contributed by atoms with Crippen LogP contribution in [0.5, 0.6) is 0 Å². The van der Waals surface area contributed by atoms with Crippen LogP contribution >= 0.6 is 12.6 Å². The second-order valence-electron chi connectivity index (χ2n) is 5.50. The molecule has 0 aromatic rings. The molecule has 5 heteroatoms.